The van der Waals surface area contributed by atoms with Crippen molar-refractivity contribution in [1.82, 2.24) is 4.57 Å². The SMILES string of the molecule is COc1ccccc1[C@]1(C(=O)O)C[C@H]1Cn1cccc1. The monoisotopic (exact) mass is 271 g/mol. The second kappa shape index (κ2) is 4.71. The summed E-state index contributed by atoms with van der Waals surface area (Å²) in [6, 6.07) is 11.3. The fourth-order valence-corrected chi connectivity index (χ4v) is 3.02. The molecule has 104 valence electrons. The van der Waals surface area contributed by atoms with Gasteiger partial charge in [0.25, 0.3) is 0 Å². The number of carbonyl (C=O) groups is 1. The summed E-state index contributed by atoms with van der Waals surface area (Å²) in [5.74, 6) is -0.00670. The number of hydrogen-bond donors (Lipinski definition) is 1. The molecule has 1 saturated carbocycles. The molecular weight excluding hydrogens is 254 g/mol. The van der Waals surface area contributed by atoms with Crippen LogP contribution in [0.5, 0.6) is 5.75 Å². The van der Waals surface area contributed by atoms with Crippen molar-refractivity contribution in [3.05, 3.63) is 54.4 Å². The third kappa shape index (κ3) is 1.88. The summed E-state index contributed by atoms with van der Waals surface area (Å²) in [5.41, 5.74) is -0.0243. The predicted octanol–water partition coefficient (Wildman–Crippen LogP) is 2.54. The smallest absolute Gasteiger partial charge is 0.314 e. The van der Waals surface area contributed by atoms with E-state index in [1.165, 1.54) is 0 Å². The summed E-state index contributed by atoms with van der Waals surface area (Å²) in [6.45, 7) is 0.720. The Balaban J connectivity index is 1.93. The first-order valence-electron chi connectivity index (χ1n) is 6.66. The Kier molecular flexibility index (Phi) is 3.01. The second-order valence-electron chi connectivity index (χ2n) is 5.26. The zero-order valence-electron chi connectivity index (χ0n) is 11.3. The maximum absolute atomic E-state index is 11.8. The van der Waals surface area contributed by atoms with E-state index >= 15 is 0 Å². The van der Waals surface area contributed by atoms with Crippen LogP contribution < -0.4 is 4.74 Å². The van der Waals surface area contributed by atoms with Gasteiger partial charge in [0.2, 0.25) is 0 Å². The van der Waals surface area contributed by atoms with Gasteiger partial charge in [-0.05, 0) is 30.5 Å². The minimum atomic E-state index is -0.809. The van der Waals surface area contributed by atoms with Gasteiger partial charge in [0, 0.05) is 24.5 Å². The van der Waals surface area contributed by atoms with Crippen LogP contribution in [-0.4, -0.2) is 22.8 Å². The van der Waals surface area contributed by atoms with Gasteiger partial charge in [-0.25, -0.2) is 0 Å². The Hall–Kier alpha value is -2.23. The molecule has 1 aromatic heterocycles. The molecule has 4 nitrogen and oxygen atoms in total. The minimum Gasteiger partial charge on any atom is -0.496 e. The van der Waals surface area contributed by atoms with Crippen molar-refractivity contribution in [3.63, 3.8) is 0 Å². The fraction of sp³-hybridized carbons (Fsp3) is 0.312. The maximum atomic E-state index is 11.8. The summed E-state index contributed by atoms with van der Waals surface area (Å²) in [4.78, 5) is 11.8. The van der Waals surface area contributed by atoms with Crippen LogP contribution in [0.1, 0.15) is 12.0 Å². The lowest BCUT2D eigenvalue weighted by molar-refractivity contribution is -0.140. The average Bonchev–Trinajstić information content (AvgIpc) is 2.94. The van der Waals surface area contributed by atoms with Crippen molar-refractivity contribution in [2.75, 3.05) is 7.11 Å². The first kappa shape index (κ1) is 12.8. The zero-order valence-corrected chi connectivity index (χ0v) is 11.3. The molecule has 20 heavy (non-hydrogen) atoms. The topological polar surface area (TPSA) is 51.5 Å². The number of aromatic nitrogens is 1. The number of carboxylic acid groups (broad SMARTS) is 1. The van der Waals surface area contributed by atoms with E-state index < -0.39 is 11.4 Å². The van der Waals surface area contributed by atoms with Crippen molar-refractivity contribution in [3.8, 4) is 5.75 Å². The molecule has 0 aliphatic heterocycles. The van der Waals surface area contributed by atoms with Gasteiger partial charge in [0.05, 0.1) is 7.11 Å². The molecule has 1 fully saturated rings. The Morgan fingerprint density at radius 3 is 2.70 bits per heavy atom. The van der Waals surface area contributed by atoms with Crippen molar-refractivity contribution in [1.29, 1.82) is 0 Å². The predicted molar refractivity (Wildman–Crippen MR) is 74.8 cm³/mol. The molecule has 0 bridgehead atoms. The molecule has 1 aromatic carbocycles. The quantitative estimate of drug-likeness (QED) is 0.909. The van der Waals surface area contributed by atoms with Crippen LogP contribution in [0, 0.1) is 5.92 Å². The third-order valence-electron chi connectivity index (χ3n) is 4.17. The van der Waals surface area contributed by atoms with E-state index in [1.54, 1.807) is 7.11 Å². The summed E-state index contributed by atoms with van der Waals surface area (Å²) in [7, 11) is 1.58. The van der Waals surface area contributed by atoms with Crippen LogP contribution in [0.25, 0.3) is 0 Å². The molecule has 0 spiro atoms. The van der Waals surface area contributed by atoms with Crippen LogP contribution in [-0.2, 0) is 16.8 Å². The van der Waals surface area contributed by atoms with Crippen molar-refractivity contribution in [2.45, 2.75) is 18.4 Å². The standard InChI is InChI=1S/C16H17NO3/c1-20-14-7-3-2-6-13(14)16(15(18)19)10-12(16)11-17-8-4-5-9-17/h2-9,12H,10-11H2,1H3,(H,18,19)/t12-,16-/m0/s1. The first-order valence-corrected chi connectivity index (χ1v) is 6.66. The largest absolute Gasteiger partial charge is 0.496 e. The van der Waals surface area contributed by atoms with Gasteiger partial charge in [0.1, 0.15) is 11.2 Å². The Morgan fingerprint density at radius 2 is 2.05 bits per heavy atom. The number of nitrogens with zero attached hydrogens (tertiary/aromatic N) is 1. The fourth-order valence-electron chi connectivity index (χ4n) is 3.02. The van der Waals surface area contributed by atoms with Gasteiger partial charge in [-0.3, -0.25) is 4.79 Å². The van der Waals surface area contributed by atoms with Gasteiger partial charge >= 0.3 is 5.97 Å². The van der Waals surface area contributed by atoms with E-state index in [1.807, 2.05) is 53.4 Å². The van der Waals surface area contributed by atoms with Crippen LogP contribution >= 0.6 is 0 Å². The van der Waals surface area contributed by atoms with E-state index in [0.29, 0.717) is 12.2 Å². The molecule has 1 heterocycles. The highest BCUT2D eigenvalue weighted by Crippen LogP contribution is 2.57. The lowest BCUT2D eigenvalue weighted by Crippen LogP contribution is -2.24. The van der Waals surface area contributed by atoms with Crippen LogP contribution in [0.2, 0.25) is 0 Å². The maximum Gasteiger partial charge on any atom is 0.314 e. The van der Waals surface area contributed by atoms with E-state index in [-0.39, 0.29) is 5.92 Å². The molecule has 1 aliphatic carbocycles. The van der Waals surface area contributed by atoms with E-state index in [0.717, 1.165) is 12.1 Å². The Labute approximate surface area is 117 Å². The Morgan fingerprint density at radius 1 is 1.35 bits per heavy atom. The molecule has 0 radical (unpaired) electrons. The van der Waals surface area contributed by atoms with Crippen LogP contribution in [0.3, 0.4) is 0 Å². The molecular formula is C16H17NO3. The average molecular weight is 271 g/mol. The molecule has 1 aliphatic rings. The molecule has 2 aromatic rings. The Bertz CT molecular complexity index is 620. The lowest BCUT2D eigenvalue weighted by atomic mass is 9.92. The molecule has 3 rings (SSSR count). The number of rotatable bonds is 5. The molecule has 0 unspecified atom stereocenters. The molecule has 0 saturated heterocycles. The van der Waals surface area contributed by atoms with Gasteiger partial charge in [-0.2, -0.15) is 0 Å². The number of benzene rings is 1. The van der Waals surface area contributed by atoms with Gasteiger partial charge < -0.3 is 14.4 Å². The van der Waals surface area contributed by atoms with E-state index in [2.05, 4.69) is 0 Å². The van der Waals surface area contributed by atoms with E-state index in [9.17, 15) is 9.90 Å². The van der Waals surface area contributed by atoms with Crippen LogP contribution in [0.15, 0.2) is 48.8 Å². The van der Waals surface area contributed by atoms with Crippen molar-refractivity contribution in [2.24, 2.45) is 5.92 Å². The number of methoxy groups -OCH3 is 1. The summed E-state index contributed by atoms with van der Waals surface area (Å²) < 4.78 is 7.37. The number of carboxylic acids is 1. The normalized spacial score (nSPS) is 24.4. The van der Waals surface area contributed by atoms with E-state index in [4.69, 9.17) is 4.74 Å². The highest BCUT2D eigenvalue weighted by Gasteiger charge is 2.62. The van der Waals surface area contributed by atoms with Crippen LogP contribution in [0.4, 0.5) is 0 Å². The zero-order chi connectivity index (χ0) is 14.2. The molecule has 1 N–H and O–H groups in total. The highest BCUT2D eigenvalue weighted by atomic mass is 16.5. The lowest BCUT2D eigenvalue weighted by Gasteiger charge is -2.17. The summed E-state index contributed by atoms with van der Waals surface area (Å²) in [6.07, 6.45) is 4.58. The second-order valence-corrected chi connectivity index (χ2v) is 5.26. The number of para-hydroxylation sites is 1. The molecule has 0 amide bonds. The van der Waals surface area contributed by atoms with Gasteiger partial charge in [-0.15, -0.1) is 0 Å². The van der Waals surface area contributed by atoms with Gasteiger partial charge in [-0.1, -0.05) is 18.2 Å². The van der Waals surface area contributed by atoms with Crippen molar-refractivity contribution >= 4 is 5.97 Å². The third-order valence-corrected chi connectivity index (χ3v) is 4.17. The number of hydrogen-bond acceptors (Lipinski definition) is 2. The number of aliphatic carboxylic acids is 1. The summed E-state index contributed by atoms with van der Waals surface area (Å²) in [5, 5.41) is 9.71. The number of ether oxygens (including phenoxy) is 1. The molecule has 2 atom stereocenters. The highest BCUT2D eigenvalue weighted by molar-refractivity contribution is 5.87. The first-order chi connectivity index (χ1) is 9.68. The minimum absolute atomic E-state index is 0.101. The summed E-state index contributed by atoms with van der Waals surface area (Å²) >= 11 is 0. The molecule has 4 heteroatoms. The van der Waals surface area contributed by atoms with Crippen molar-refractivity contribution < 1.29 is 14.6 Å². The van der Waals surface area contributed by atoms with Gasteiger partial charge in [0.15, 0.2) is 0 Å².